The van der Waals surface area contributed by atoms with Gasteiger partial charge in [0.25, 0.3) is 0 Å². The quantitative estimate of drug-likeness (QED) is 0.787. The van der Waals surface area contributed by atoms with Crippen molar-refractivity contribution in [2.24, 2.45) is 5.73 Å². The highest BCUT2D eigenvalue weighted by molar-refractivity contribution is 5.36. The molecule has 2 N–H and O–H groups in total. The molecule has 0 fully saturated rings. The molecule has 1 aromatic carbocycles. The molecule has 0 saturated heterocycles. The van der Waals surface area contributed by atoms with Gasteiger partial charge in [-0.3, -0.25) is 0 Å². The van der Waals surface area contributed by atoms with Crippen LogP contribution in [0.25, 0.3) is 0 Å². The highest BCUT2D eigenvalue weighted by Gasteiger charge is 2.16. The van der Waals surface area contributed by atoms with Crippen LogP contribution in [-0.2, 0) is 5.41 Å². The lowest BCUT2D eigenvalue weighted by atomic mass is 9.83. The molecule has 0 bridgehead atoms. The van der Waals surface area contributed by atoms with Crippen LogP contribution in [0, 0.1) is 6.92 Å². The van der Waals surface area contributed by atoms with Gasteiger partial charge in [0.15, 0.2) is 0 Å². The van der Waals surface area contributed by atoms with E-state index in [0.29, 0.717) is 12.5 Å². The lowest BCUT2D eigenvalue weighted by molar-refractivity contribution is 0.587. The lowest BCUT2D eigenvalue weighted by Crippen LogP contribution is -2.14. The Hall–Kier alpha value is -0.820. The van der Waals surface area contributed by atoms with Crippen LogP contribution in [-0.4, -0.2) is 6.54 Å². The van der Waals surface area contributed by atoms with E-state index in [0.717, 1.165) is 0 Å². The van der Waals surface area contributed by atoms with E-state index in [1.54, 1.807) is 0 Å². The highest BCUT2D eigenvalue weighted by Crippen LogP contribution is 2.27. The first-order valence-electron chi connectivity index (χ1n) is 5.67. The van der Waals surface area contributed by atoms with Gasteiger partial charge in [-0.15, -0.1) is 0 Å². The van der Waals surface area contributed by atoms with Crippen LogP contribution >= 0.6 is 0 Å². The Morgan fingerprint density at radius 1 is 1.27 bits per heavy atom. The van der Waals surface area contributed by atoms with Crippen LogP contribution in [0.2, 0.25) is 0 Å². The van der Waals surface area contributed by atoms with E-state index in [4.69, 9.17) is 5.73 Å². The molecule has 0 heterocycles. The molecule has 1 unspecified atom stereocenters. The predicted molar refractivity (Wildman–Crippen MR) is 67.3 cm³/mol. The number of hydrogen-bond donors (Lipinski definition) is 1. The van der Waals surface area contributed by atoms with Crippen LogP contribution in [0.3, 0.4) is 0 Å². The first-order valence-corrected chi connectivity index (χ1v) is 5.67. The van der Waals surface area contributed by atoms with Crippen molar-refractivity contribution in [1.82, 2.24) is 0 Å². The Labute approximate surface area is 93.7 Å². The SMILES string of the molecule is Cc1ccc(C(C)(C)C)cc1C(C)CN. The highest BCUT2D eigenvalue weighted by atomic mass is 14.5. The molecular formula is C14H23N. The molecule has 0 aliphatic heterocycles. The van der Waals surface area contributed by atoms with Gasteiger partial charge < -0.3 is 5.73 Å². The number of hydrogen-bond acceptors (Lipinski definition) is 1. The summed E-state index contributed by atoms with van der Waals surface area (Å²) in [6.45, 7) is 11.8. The van der Waals surface area contributed by atoms with Crippen LogP contribution in [0.4, 0.5) is 0 Å². The summed E-state index contributed by atoms with van der Waals surface area (Å²) in [5.74, 6) is 0.451. The second kappa shape index (κ2) is 4.36. The van der Waals surface area contributed by atoms with Crippen molar-refractivity contribution in [3.05, 3.63) is 34.9 Å². The van der Waals surface area contributed by atoms with E-state index >= 15 is 0 Å². The summed E-state index contributed by atoms with van der Waals surface area (Å²) in [6, 6.07) is 6.75. The largest absolute Gasteiger partial charge is 0.330 e. The second-order valence-electron chi connectivity index (χ2n) is 5.46. The molecule has 1 atom stereocenters. The topological polar surface area (TPSA) is 26.0 Å². The normalized spacial score (nSPS) is 14.0. The van der Waals surface area contributed by atoms with Crippen molar-refractivity contribution in [3.8, 4) is 0 Å². The minimum Gasteiger partial charge on any atom is -0.330 e. The molecule has 0 aromatic heterocycles. The third-order valence-electron chi connectivity index (χ3n) is 3.03. The Morgan fingerprint density at radius 3 is 2.33 bits per heavy atom. The van der Waals surface area contributed by atoms with Crippen molar-refractivity contribution in [1.29, 1.82) is 0 Å². The van der Waals surface area contributed by atoms with Crippen LogP contribution in [0.1, 0.15) is 50.3 Å². The van der Waals surface area contributed by atoms with E-state index < -0.39 is 0 Å². The Balaban J connectivity index is 3.17. The van der Waals surface area contributed by atoms with Crippen LogP contribution in [0.5, 0.6) is 0 Å². The maximum absolute atomic E-state index is 5.73. The van der Waals surface area contributed by atoms with Crippen molar-refractivity contribution < 1.29 is 0 Å². The molecule has 0 aliphatic carbocycles. The molecule has 0 saturated carbocycles. The van der Waals surface area contributed by atoms with Gasteiger partial charge in [-0.1, -0.05) is 45.9 Å². The standard InChI is InChI=1S/C14H23N/c1-10-6-7-12(14(3,4)5)8-13(10)11(2)9-15/h6-8,11H,9,15H2,1-5H3. The summed E-state index contributed by atoms with van der Waals surface area (Å²) >= 11 is 0. The zero-order valence-corrected chi connectivity index (χ0v) is 10.6. The van der Waals surface area contributed by atoms with Crippen molar-refractivity contribution in [2.45, 2.75) is 46.0 Å². The summed E-state index contributed by atoms with van der Waals surface area (Å²) in [5.41, 5.74) is 10.1. The molecule has 1 nitrogen and oxygen atoms in total. The molecule has 0 amide bonds. The number of nitrogens with two attached hydrogens (primary N) is 1. The Morgan fingerprint density at radius 2 is 1.87 bits per heavy atom. The van der Waals surface area contributed by atoms with E-state index in [1.807, 2.05) is 0 Å². The number of benzene rings is 1. The van der Waals surface area contributed by atoms with Gasteiger partial charge in [-0.2, -0.15) is 0 Å². The smallest absolute Gasteiger partial charge is 0.00108 e. The van der Waals surface area contributed by atoms with Crippen LogP contribution < -0.4 is 5.73 Å². The van der Waals surface area contributed by atoms with Crippen molar-refractivity contribution in [3.63, 3.8) is 0 Å². The Kier molecular flexibility index (Phi) is 3.56. The molecule has 0 spiro atoms. The predicted octanol–water partition coefficient (Wildman–Crippen LogP) is 3.35. The second-order valence-corrected chi connectivity index (χ2v) is 5.46. The zero-order valence-electron chi connectivity index (χ0n) is 10.6. The minimum atomic E-state index is 0.219. The molecule has 0 radical (unpaired) electrons. The van der Waals surface area contributed by atoms with Crippen molar-refractivity contribution >= 4 is 0 Å². The fourth-order valence-corrected chi connectivity index (χ4v) is 1.76. The first-order chi connectivity index (χ1) is 6.86. The fourth-order valence-electron chi connectivity index (χ4n) is 1.76. The number of rotatable bonds is 2. The molecule has 0 aliphatic rings. The van der Waals surface area contributed by atoms with Crippen LogP contribution in [0.15, 0.2) is 18.2 Å². The molecule has 1 aromatic rings. The van der Waals surface area contributed by atoms with Crippen molar-refractivity contribution in [2.75, 3.05) is 6.54 Å². The third kappa shape index (κ3) is 2.82. The van der Waals surface area contributed by atoms with Gasteiger partial charge >= 0.3 is 0 Å². The summed E-state index contributed by atoms with van der Waals surface area (Å²) in [4.78, 5) is 0. The molecular weight excluding hydrogens is 182 g/mol. The van der Waals surface area contributed by atoms with Gasteiger partial charge in [-0.05, 0) is 41.5 Å². The first kappa shape index (κ1) is 12.3. The van der Waals surface area contributed by atoms with E-state index in [2.05, 4.69) is 52.8 Å². The summed E-state index contributed by atoms with van der Waals surface area (Å²) < 4.78 is 0. The summed E-state index contributed by atoms with van der Waals surface area (Å²) in [7, 11) is 0. The average molecular weight is 205 g/mol. The third-order valence-corrected chi connectivity index (χ3v) is 3.03. The molecule has 15 heavy (non-hydrogen) atoms. The van der Waals surface area contributed by atoms with Gasteiger partial charge in [0, 0.05) is 0 Å². The average Bonchev–Trinajstić information content (AvgIpc) is 2.15. The lowest BCUT2D eigenvalue weighted by Gasteiger charge is -2.22. The van der Waals surface area contributed by atoms with Gasteiger partial charge in [-0.25, -0.2) is 0 Å². The van der Waals surface area contributed by atoms with Gasteiger partial charge in [0.1, 0.15) is 0 Å². The summed E-state index contributed by atoms with van der Waals surface area (Å²) in [5, 5.41) is 0. The maximum atomic E-state index is 5.73. The molecule has 84 valence electrons. The molecule has 1 heteroatoms. The van der Waals surface area contributed by atoms with E-state index in [9.17, 15) is 0 Å². The van der Waals surface area contributed by atoms with E-state index in [-0.39, 0.29) is 5.41 Å². The zero-order chi connectivity index (χ0) is 11.6. The fraction of sp³-hybridized carbons (Fsp3) is 0.571. The minimum absolute atomic E-state index is 0.219. The number of aryl methyl sites for hydroxylation is 1. The monoisotopic (exact) mass is 205 g/mol. The van der Waals surface area contributed by atoms with Gasteiger partial charge in [0.05, 0.1) is 0 Å². The molecule has 1 rings (SSSR count). The summed E-state index contributed by atoms with van der Waals surface area (Å²) in [6.07, 6.45) is 0. The maximum Gasteiger partial charge on any atom is -0.00108 e. The van der Waals surface area contributed by atoms with E-state index in [1.165, 1.54) is 16.7 Å². The van der Waals surface area contributed by atoms with Gasteiger partial charge in [0.2, 0.25) is 0 Å². The Bertz CT molecular complexity index is 334.